The minimum Gasteiger partial charge on any atom is -0.340 e. The van der Waals surface area contributed by atoms with Crippen LogP contribution in [0, 0.1) is 5.92 Å². The van der Waals surface area contributed by atoms with Gasteiger partial charge in [0, 0.05) is 0 Å². The molecule has 3 nitrogen and oxygen atoms in total. The van der Waals surface area contributed by atoms with Gasteiger partial charge in [-0.15, -0.1) is 0 Å². The van der Waals surface area contributed by atoms with Gasteiger partial charge < -0.3 is 10.7 Å². The Balaban J connectivity index is 1.96. The van der Waals surface area contributed by atoms with Crippen LogP contribution < -0.4 is 5.73 Å². The normalized spacial score (nSPS) is 27.8. The SMILES string of the molecule is CCc1ccc2nc(C3(N)CCC(C)CC3)[nH]c2c1. The van der Waals surface area contributed by atoms with Crippen LogP contribution >= 0.6 is 0 Å². The Hall–Kier alpha value is -1.35. The molecular formula is C16H23N3. The van der Waals surface area contributed by atoms with Crippen LogP contribution in [0.5, 0.6) is 0 Å². The van der Waals surface area contributed by atoms with Gasteiger partial charge >= 0.3 is 0 Å². The first-order valence-corrected chi connectivity index (χ1v) is 7.39. The zero-order valence-electron chi connectivity index (χ0n) is 11.9. The lowest BCUT2D eigenvalue weighted by Gasteiger charge is -2.34. The number of rotatable bonds is 2. The lowest BCUT2D eigenvalue weighted by Crippen LogP contribution is -2.41. The highest BCUT2D eigenvalue weighted by Gasteiger charge is 2.34. The fourth-order valence-electron chi connectivity index (χ4n) is 3.03. The maximum atomic E-state index is 6.58. The molecule has 102 valence electrons. The second-order valence-electron chi connectivity index (χ2n) is 6.13. The Morgan fingerprint density at radius 1 is 1.37 bits per heavy atom. The molecule has 0 atom stereocenters. The second-order valence-corrected chi connectivity index (χ2v) is 6.13. The van der Waals surface area contributed by atoms with Crippen LogP contribution in [0.1, 0.15) is 50.9 Å². The zero-order chi connectivity index (χ0) is 13.5. The molecule has 3 rings (SSSR count). The van der Waals surface area contributed by atoms with E-state index < -0.39 is 0 Å². The molecule has 2 aromatic rings. The number of hydrogen-bond donors (Lipinski definition) is 2. The van der Waals surface area contributed by atoms with Crippen molar-refractivity contribution in [3.8, 4) is 0 Å². The Kier molecular flexibility index (Phi) is 3.09. The quantitative estimate of drug-likeness (QED) is 0.865. The van der Waals surface area contributed by atoms with Crippen LogP contribution in [0.2, 0.25) is 0 Å². The van der Waals surface area contributed by atoms with E-state index in [0.29, 0.717) is 0 Å². The fourth-order valence-corrected chi connectivity index (χ4v) is 3.03. The van der Waals surface area contributed by atoms with E-state index in [1.54, 1.807) is 0 Å². The van der Waals surface area contributed by atoms with Crippen molar-refractivity contribution >= 4 is 11.0 Å². The minimum atomic E-state index is -0.252. The maximum absolute atomic E-state index is 6.58. The van der Waals surface area contributed by atoms with E-state index in [0.717, 1.165) is 42.0 Å². The number of nitrogens with two attached hydrogens (primary N) is 1. The molecule has 0 bridgehead atoms. The summed E-state index contributed by atoms with van der Waals surface area (Å²) in [7, 11) is 0. The summed E-state index contributed by atoms with van der Waals surface area (Å²) in [5, 5.41) is 0. The van der Waals surface area contributed by atoms with Gasteiger partial charge in [-0.25, -0.2) is 4.98 Å². The molecular weight excluding hydrogens is 234 g/mol. The molecule has 0 saturated heterocycles. The van der Waals surface area contributed by atoms with Gasteiger partial charge in [0.15, 0.2) is 0 Å². The number of H-pyrrole nitrogens is 1. The first kappa shape index (κ1) is 12.7. The van der Waals surface area contributed by atoms with Crippen molar-refractivity contribution in [2.75, 3.05) is 0 Å². The molecule has 0 aliphatic heterocycles. The van der Waals surface area contributed by atoms with Gasteiger partial charge in [-0.3, -0.25) is 0 Å². The van der Waals surface area contributed by atoms with E-state index in [4.69, 9.17) is 10.7 Å². The van der Waals surface area contributed by atoms with E-state index in [9.17, 15) is 0 Å². The van der Waals surface area contributed by atoms with E-state index >= 15 is 0 Å². The van der Waals surface area contributed by atoms with Crippen molar-refractivity contribution < 1.29 is 0 Å². The van der Waals surface area contributed by atoms with Gasteiger partial charge in [0.05, 0.1) is 16.6 Å². The van der Waals surface area contributed by atoms with Crippen LogP contribution in [0.15, 0.2) is 18.2 Å². The third-order valence-electron chi connectivity index (χ3n) is 4.59. The fraction of sp³-hybridized carbons (Fsp3) is 0.562. The molecule has 1 heterocycles. The van der Waals surface area contributed by atoms with Gasteiger partial charge in [-0.05, 0) is 55.7 Å². The van der Waals surface area contributed by atoms with Gasteiger partial charge in [-0.1, -0.05) is 19.9 Å². The van der Waals surface area contributed by atoms with Crippen LogP contribution in [0.3, 0.4) is 0 Å². The third-order valence-corrected chi connectivity index (χ3v) is 4.59. The number of aryl methyl sites for hydroxylation is 1. The van der Waals surface area contributed by atoms with E-state index in [1.807, 2.05) is 0 Å². The highest BCUT2D eigenvalue weighted by molar-refractivity contribution is 5.76. The number of aromatic nitrogens is 2. The molecule has 1 aliphatic rings. The Labute approximate surface area is 114 Å². The van der Waals surface area contributed by atoms with E-state index in [1.165, 1.54) is 18.4 Å². The first-order valence-electron chi connectivity index (χ1n) is 7.39. The molecule has 0 spiro atoms. The monoisotopic (exact) mass is 257 g/mol. The number of fused-ring (bicyclic) bond motifs is 1. The number of benzene rings is 1. The van der Waals surface area contributed by atoms with Gasteiger partial charge in [0.2, 0.25) is 0 Å². The predicted octanol–water partition coefficient (Wildman–Crippen LogP) is 3.49. The van der Waals surface area contributed by atoms with Crippen molar-refractivity contribution in [2.24, 2.45) is 11.7 Å². The Bertz CT molecular complexity index is 577. The highest BCUT2D eigenvalue weighted by atomic mass is 15.0. The summed E-state index contributed by atoms with van der Waals surface area (Å²) in [5.74, 6) is 1.77. The molecule has 1 aromatic carbocycles. The number of nitrogens with one attached hydrogen (secondary N) is 1. The number of aromatic amines is 1. The molecule has 1 aromatic heterocycles. The first-order chi connectivity index (χ1) is 9.10. The van der Waals surface area contributed by atoms with Crippen molar-refractivity contribution in [3.05, 3.63) is 29.6 Å². The summed E-state index contributed by atoms with van der Waals surface area (Å²) < 4.78 is 0. The maximum Gasteiger partial charge on any atom is 0.127 e. The summed E-state index contributed by atoms with van der Waals surface area (Å²) in [6.07, 6.45) is 5.53. The minimum absolute atomic E-state index is 0.252. The third kappa shape index (κ3) is 2.27. The van der Waals surface area contributed by atoms with Gasteiger partial charge in [-0.2, -0.15) is 0 Å². The van der Waals surface area contributed by atoms with Crippen molar-refractivity contribution in [1.82, 2.24) is 9.97 Å². The van der Waals surface area contributed by atoms with E-state index in [2.05, 4.69) is 37.0 Å². The average molecular weight is 257 g/mol. The molecule has 0 amide bonds. The number of nitrogens with zero attached hydrogens (tertiary/aromatic N) is 1. The second kappa shape index (κ2) is 4.64. The highest BCUT2D eigenvalue weighted by Crippen LogP contribution is 2.36. The standard InChI is InChI=1S/C16H23N3/c1-3-12-4-5-13-14(10-12)19-15(18-13)16(17)8-6-11(2)7-9-16/h4-5,10-11H,3,6-9,17H2,1-2H3,(H,18,19). The largest absolute Gasteiger partial charge is 0.340 e. The molecule has 0 unspecified atom stereocenters. The Morgan fingerprint density at radius 2 is 2.11 bits per heavy atom. The Morgan fingerprint density at radius 3 is 2.79 bits per heavy atom. The van der Waals surface area contributed by atoms with E-state index in [-0.39, 0.29) is 5.54 Å². The summed E-state index contributed by atoms with van der Waals surface area (Å²) in [6, 6.07) is 6.45. The average Bonchev–Trinajstić information content (AvgIpc) is 2.86. The smallest absolute Gasteiger partial charge is 0.127 e. The molecule has 1 fully saturated rings. The lowest BCUT2D eigenvalue weighted by molar-refractivity contribution is 0.238. The zero-order valence-corrected chi connectivity index (χ0v) is 11.9. The van der Waals surface area contributed by atoms with Crippen molar-refractivity contribution in [2.45, 2.75) is 51.5 Å². The summed E-state index contributed by atoms with van der Waals surface area (Å²) in [5.41, 5.74) is 9.83. The molecule has 0 radical (unpaired) electrons. The summed E-state index contributed by atoms with van der Waals surface area (Å²) in [4.78, 5) is 8.19. The summed E-state index contributed by atoms with van der Waals surface area (Å²) >= 11 is 0. The number of imidazole rings is 1. The van der Waals surface area contributed by atoms with Crippen LogP contribution in [-0.2, 0) is 12.0 Å². The molecule has 19 heavy (non-hydrogen) atoms. The molecule has 3 N–H and O–H groups in total. The van der Waals surface area contributed by atoms with Gasteiger partial charge in [0.1, 0.15) is 5.82 Å². The van der Waals surface area contributed by atoms with Gasteiger partial charge in [0.25, 0.3) is 0 Å². The number of hydrogen-bond acceptors (Lipinski definition) is 2. The topological polar surface area (TPSA) is 54.7 Å². The van der Waals surface area contributed by atoms with Crippen molar-refractivity contribution in [1.29, 1.82) is 0 Å². The molecule has 1 aliphatic carbocycles. The van der Waals surface area contributed by atoms with Crippen molar-refractivity contribution in [3.63, 3.8) is 0 Å². The summed E-state index contributed by atoms with van der Waals surface area (Å²) in [6.45, 7) is 4.48. The van der Waals surface area contributed by atoms with Crippen LogP contribution in [0.25, 0.3) is 11.0 Å². The van der Waals surface area contributed by atoms with Crippen LogP contribution in [0.4, 0.5) is 0 Å². The van der Waals surface area contributed by atoms with Crippen LogP contribution in [-0.4, -0.2) is 9.97 Å². The lowest BCUT2D eigenvalue weighted by atomic mass is 9.77. The molecule has 1 saturated carbocycles. The predicted molar refractivity (Wildman–Crippen MR) is 79.0 cm³/mol. The molecule has 3 heteroatoms.